The molecule has 130 valence electrons. The normalized spacial score (nSPS) is 10.9. The molecule has 0 N–H and O–H groups in total. The summed E-state index contributed by atoms with van der Waals surface area (Å²) in [6, 6.07) is 14.7. The monoisotopic (exact) mass is 366 g/mol. The summed E-state index contributed by atoms with van der Waals surface area (Å²) < 4.78 is 12.0. The van der Waals surface area contributed by atoms with Crippen LogP contribution in [0.3, 0.4) is 0 Å². The van der Waals surface area contributed by atoms with Gasteiger partial charge in [-0.05, 0) is 29.6 Å². The van der Waals surface area contributed by atoms with Crippen molar-refractivity contribution in [3.63, 3.8) is 0 Å². The quantitative estimate of drug-likeness (QED) is 0.351. The van der Waals surface area contributed by atoms with Crippen molar-refractivity contribution in [1.29, 1.82) is 0 Å². The molecule has 0 unspecified atom stereocenters. The van der Waals surface area contributed by atoms with Crippen molar-refractivity contribution in [2.24, 2.45) is 0 Å². The van der Waals surface area contributed by atoms with Gasteiger partial charge in [-0.1, -0.05) is 18.2 Å². The first kappa shape index (κ1) is 16.3. The minimum atomic E-state index is -0.372. The molecule has 0 atom stereocenters. The van der Waals surface area contributed by atoms with Crippen LogP contribution in [0.1, 0.15) is 5.69 Å². The smallest absolute Gasteiger partial charge is 0.287 e. The Hall–Kier alpha value is -3.19. The molecule has 0 aliphatic rings. The van der Waals surface area contributed by atoms with Crippen LogP contribution in [-0.4, -0.2) is 16.5 Å². The second-order valence-electron chi connectivity index (χ2n) is 5.61. The number of non-ortho nitro benzene ring substituents is 1. The van der Waals surface area contributed by atoms with Crippen molar-refractivity contribution in [2.75, 3.05) is 6.61 Å². The van der Waals surface area contributed by atoms with Crippen LogP contribution >= 0.6 is 11.3 Å². The molecule has 4 aromatic rings. The highest BCUT2D eigenvalue weighted by atomic mass is 32.1. The summed E-state index contributed by atoms with van der Waals surface area (Å²) in [5.41, 5.74) is 1.83. The lowest BCUT2D eigenvalue weighted by Crippen LogP contribution is -2.02. The van der Waals surface area contributed by atoms with Crippen LogP contribution in [0.15, 0.2) is 64.6 Å². The number of hydrogen-bond donors (Lipinski definition) is 0. The van der Waals surface area contributed by atoms with Gasteiger partial charge in [0, 0.05) is 23.4 Å². The number of oxazole rings is 1. The third-order valence-corrected chi connectivity index (χ3v) is 4.88. The Morgan fingerprint density at radius 2 is 2.00 bits per heavy atom. The second kappa shape index (κ2) is 6.97. The molecule has 0 spiro atoms. The fraction of sp³-hybridized carbons (Fsp3) is 0.105. The first-order chi connectivity index (χ1) is 12.7. The van der Waals surface area contributed by atoms with Gasteiger partial charge in [-0.15, -0.1) is 11.3 Å². The Kier molecular flexibility index (Phi) is 4.37. The molecule has 0 aliphatic heterocycles. The summed E-state index contributed by atoms with van der Waals surface area (Å²) in [6.45, 7) is 0.406. The van der Waals surface area contributed by atoms with Crippen molar-refractivity contribution >= 4 is 27.1 Å². The molecule has 0 aliphatic carbocycles. The van der Waals surface area contributed by atoms with Crippen LogP contribution in [0.2, 0.25) is 0 Å². The van der Waals surface area contributed by atoms with E-state index in [0.717, 1.165) is 16.6 Å². The van der Waals surface area contributed by atoms with Crippen LogP contribution in [0.4, 0.5) is 5.69 Å². The van der Waals surface area contributed by atoms with Crippen LogP contribution in [0, 0.1) is 10.1 Å². The molecule has 2 aromatic heterocycles. The van der Waals surface area contributed by atoms with Crippen LogP contribution < -0.4 is 4.74 Å². The molecule has 4 rings (SSSR count). The number of hydrogen-bond acceptors (Lipinski definition) is 6. The maximum absolute atomic E-state index is 11.1. The Morgan fingerprint density at radius 1 is 1.15 bits per heavy atom. The Balaban J connectivity index is 1.45. The zero-order valence-corrected chi connectivity index (χ0v) is 14.4. The predicted octanol–water partition coefficient (Wildman–Crippen LogP) is 5.09. The second-order valence-corrected chi connectivity index (χ2v) is 6.53. The fourth-order valence-electron chi connectivity index (χ4n) is 2.69. The van der Waals surface area contributed by atoms with Gasteiger partial charge >= 0.3 is 0 Å². The van der Waals surface area contributed by atoms with Gasteiger partial charge in [0.1, 0.15) is 16.7 Å². The summed E-state index contributed by atoms with van der Waals surface area (Å²) in [5.74, 6) is 1.22. The molecule has 0 amide bonds. The first-order valence-electron chi connectivity index (χ1n) is 7.99. The average Bonchev–Trinajstić information content (AvgIpc) is 3.32. The van der Waals surface area contributed by atoms with E-state index >= 15 is 0 Å². The van der Waals surface area contributed by atoms with Crippen molar-refractivity contribution in [3.05, 3.63) is 76.0 Å². The topological polar surface area (TPSA) is 78.4 Å². The van der Waals surface area contributed by atoms with Gasteiger partial charge in [-0.2, -0.15) is 0 Å². The molecule has 0 radical (unpaired) electrons. The molecule has 26 heavy (non-hydrogen) atoms. The van der Waals surface area contributed by atoms with Gasteiger partial charge in [0.2, 0.25) is 5.89 Å². The molecular weight excluding hydrogens is 352 g/mol. The molecule has 0 saturated carbocycles. The number of rotatable bonds is 6. The highest BCUT2D eigenvalue weighted by molar-refractivity contribution is 7.17. The van der Waals surface area contributed by atoms with Crippen molar-refractivity contribution in [3.8, 4) is 17.2 Å². The lowest BCUT2D eigenvalue weighted by molar-refractivity contribution is -0.382. The van der Waals surface area contributed by atoms with Gasteiger partial charge in [-0.3, -0.25) is 10.1 Å². The van der Waals surface area contributed by atoms with Crippen LogP contribution in [-0.2, 0) is 6.42 Å². The van der Waals surface area contributed by atoms with E-state index in [2.05, 4.69) is 4.98 Å². The summed E-state index contributed by atoms with van der Waals surface area (Å²) in [7, 11) is 0. The summed E-state index contributed by atoms with van der Waals surface area (Å²) in [4.78, 5) is 15.2. The minimum absolute atomic E-state index is 0.103. The summed E-state index contributed by atoms with van der Waals surface area (Å²) in [5, 5.41) is 13.7. The fourth-order valence-corrected chi connectivity index (χ4v) is 3.59. The molecule has 0 fully saturated rings. The maximum Gasteiger partial charge on any atom is 0.287 e. The predicted molar refractivity (Wildman–Crippen MR) is 99.6 cm³/mol. The third kappa shape index (κ3) is 3.16. The minimum Gasteiger partial charge on any atom is -0.492 e. The Labute approximate surface area is 152 Å². The highest BCUT2D eigenvalue weighted by Crippen LogP contribution is 2.36. The Bertz CT molecular complexity index is 1060. The Morgan fingerprint density at radius 3 is 2.81 bits per heavy atom. The van der Waals surface area contributed by atoms with E-state index in [9.17, 15) is 10.1 Å². The van der Waals surface area contributed by atoms with Crippen molar-refractivity contribution in [2.45, 2.75) is 6.42 Å². The van der Waals surface area contributed by atoms with Crippen LogP contribution in [0.25, 0.3) is 21.5 Å². The van der Waals surface area contributed by atoms with Crippen LogP contribution in [0.5, 0.6) is 5.75 Å². The third-order valence-electron chi connectivity index (χ3n) is 3.94. The number of aromatic nitrogens is 1. The number of nitro benzene ring substituents is 1. The zero-order chi connectivity index (χ0) is 17.9. The molecular formula is C19H14N2O4S. The molecule has 0 bridgehead atoms. The van der Waals surface area contributed by atoms with Crippen molar-refractivity contribution < 1.29 is 14.1 Å². The SMILES string of the molecule is O=[N+]([O-])c1ccc(OCCc2coc(-c3ccccc3)n2)c2ccsc12. The highest BCUT2D eigenvalue weighted by Gasteiger charge is 2.16. The number of thiophene rings is 1. The van der Waals surface area contributed by atoms with E-state index in [1.807, 2.05) is 41.8 Å². The maximum atomic E-state index is 11.1. The number of nitrogens with zero attached hydrogens (tertiary/aromatic N) is 2. The molecule has 2 heterocycles. The average molecular weight is 366 g/mol. The van der Waals surface area contributed by atoms with E-state index in [4.69, 9.17) is 9.15 Å². The standard InChI is InChI=1S/C19H14N2O4S/c22-21(23)16-6-7-17(15-9-11-26-18(15)16)24-10-8-14-12-25-19(20-14)13-4-2-1-3-5-13/h1-7,9,11-12H,8,10H2. The van der Waals surface area contributed by atoms with Gasteiger partial charge in [0.05, 0.1) is 17.2 Å². The first-order valence-corrected chi connectivity index (χ1v) is 8.87. The summed E-state index contributed by atoms with van der Waals surface area (Å²) >= 11 is 1.34. The number of benzene rings is 2. The lowest BCUT2D eigenvalue weighted by atomic mass is 10.2. The molecule has 6 nitrogen and oxygen atoms in total. The van der Waals surface area contributed by atoms with E-state index in [1.165, 1.54) is 17.4 Å². The van der Waals surface area contributed by atoms with E-state index in [-0.39, 0.29) is 10.6 Å². The van der Waals surface area contributed by atoms with Gasteiger partial charge in [0.15, 0.2) is 0 Å². The largest absolute Gasteiger partial charge is 0.492 e. The van der Waals surface area contributed by atoms with E-state index < -0.39 is 0 Å². The lowest BCUT2D eigenvalue weighted by Gasteiger charge is -2.06. The van der Waals surface area contributed by atoms with E-state index in [0.29, 0.717) is 29.4 Å². The molecule has 7 heteroatoms. The van der Waals surface area contributed by atoms with Crippen molar-refractivity contribution in [1.82, 2.24) is 4.98 Å². The molecule has 2 aromatic carbocycles. The number of fused-ring (bicyclic) bond motifs is 1. The van der Waals surface area contributed by atoms with Gasteiger partial charge in [-0.25, -0.2) is 4.98 Å². The van der Waals surface area contributed by atoms with E-state index in [1.54, 1.807) is 12.3 Å². The number of ether oxygens (including phenoxy) is 1. The zero-order valence-electron chi connectivity index (χ0n) is 13.6. The number of nitro groups is 1. The van der Waals surface area contributed by atoms with Gasteiger partial charge in [0.25, 0.3) is 5.69 Å². The van der Waals surface area contributed by atoms with Gasteiger partial charge < -0.3 is 9.15 Å². The summed E-state index contributed by atoms with van der Waals surface area (Å²) in [6.07, 6.45) is 2.21. The molecule has 0 saturated heterocycles.